The van der Waals surface area contributed by atoms with E-state index in [0.29, 0.717) is 0 Å². The molecule has 5 heteroatoms. The number of carboxylic acids is 2. The number of aliphatic carboxylic acids is 2. The van der Waals surface area contributed by atoms with Crippen LogP contribution in [0.15, 0.2) is 12.2 Å². The van der Waals surface area contributed by atoms with Crippen LogP contribution in [0.3, 0.4) is 0 Å². The molecule has 0 aromatic rings. The lowest BCUT2D eigenvalue weighted by atomic mass is 10.1. The molecule has 0 saturated carbocycles. The molecule has 0 aromatic heterocycles. The molecule has 1 unspecified atom stereocenters. The largest absolute Gasteiger partial charge is 0.481 e. The van der Waals surface area contributed by atoms with Crippen LogP contribution in [0.25, 0.3) is 0 Å². The van der Waals surface area contributed by atoms with Gasteiger partial charge in [-0.25, -0.2) is 4.79 Å². The van der Waals surface area contributed by atoms with Gasteiger partial charge in [-0.15, -0.1) is 0 Å². The van der Waals surface area contributed by atoms with Crippen molar-refractivity contribution in [3.05, 3.63) is 12.2 Å². The predicted molar refractivity (Wildman–Crippen MR) is 38.6 cm³/mol. The van der Waals surface area contributed by atoms with Crippen molar-refractivity contribution in [2.75, 3.05) is 0 Å². The normalized spacial score (nSPS) is 12.8. The van der Waals surface area contributed by atoms with Gasteiger partial charge in [-0.1, -0.05) is 6.08 Å². The van der Waals surface area contributed by atoms with E-state index in [1.165, 1.54) is 6.92 Å². The molecule has 0 spiro atoms. The molecule has 0 bridgehead atoms. The van der Waals surface area contributed by atoms with Crippen molar-refractivity contribution in [2.24, 2.45) is 5.92 Å². The molecule has 66 valence electrons. The van der Waals surface area contributed by atoms with Gasteiger partial charge >= 0.3 is 11.9 Å². The first kappa shape index (κ1) is 10.3. The fourth-order valence-corrected chi connectivity index (χ4v) is 0.385. The number of rotatable bonds is 4. The highest BCUT2D eigenvalue weighted by Crippen LogP contribution is 1.96. The first-order valence-electron chi connectivity index (χ1n) is 3.13. The van der Waals surface area contributed by atoms with Gasteiger partial charge in [0.1, 0.15) is 0 Å². The minimum absolute atomic E-state index is 0.737. The Kier molecular flexibility index (Phi) is 3.69. The van der Waals surface area contributed by atoms with Crippen LogP contribution in [-0.2, 0) is 14.4 Å². The van der Waals surface area contributed by atoms with Gasteiger partial charge in [0.25, 0.3) is 5.78 Å². The molecule has 0 amide bonds. The molecular weight excluding hydrogens is 164 g/mol. The van der Waals surface area contributed by atoms with Crippen LogP contribution in [0.4, 0.5) is 0 Å². The van der Waals surface area contributed by atoms with Crippen molar-refractivity contribution < 1.29 is 24.6 Å². The van der Waals surface area contributed by atoms with Crippen LogP contribution >= 0.6 is 0 Å². The number of hydrogen-bond donors (Lipinski definition) is 2. The van der Waals surface area contributed by atoms with E-state index in [2.05, 4.69) is 0 Å². The highest BCUT2D eigenvalue weighted by Gasteiger charge is 2.09. The summed E-state index contributed by atoms with van der Waals surface area (Å²) in [7, 11) is 0. The zero-order valence-corrected chi connectivity index (χ0v) is 6.35. The first-order valence-corrected chi connectivity index (χ1v) is 3.13. The summed E-state index contributed by atoms with van der Waals surface area (Å²) in [4.78, 5) is 30.5. The van der Waals surface area contributed by atoms with Crippen LogP contribution in [-0.4, -0.2) is 27.9 Å². The number of carbonyl (C=O) groups is 3. The Morgan fingerprint density at radius 3 is 2.08 bits per heavy atom. The first-order chi connectivity index (χ1) is 5.45. The highest BCUT2D eigenvalue weighted by molar-refractivity contribution is 6.37. The van der Waals surface area contributed by atoms with Gasteiger partial charge in [-0.3, -0.25) is 9.59 Å². The fourth-order valence-electron chi connectivity index (χ4n) is 0.385. The van der Waals surface area contributed by atoms with E-state index in [9.17, 15) is 14.4 Å². The van der Waals surface area contributed by atoms with E-state index in [1.54, 1.807) is 0 Å². The molecule has 2 N–H and O–H groups in total. The van der Waals surface area contributed by atoms with Crippen molar-refractivity contribution in [2.45, 2.75) is 6.92 Å². The maximum absolute atomic E-state index is 10.4. The quantitative estimate of drug-likeness (QED) is 0.457. The fraction of sp³-hybridized carbons (Fsp3) is 0.286. The summed E-state index contributed by atoms with van der Waals surface area (Å²) in [6, 6.07) is 0. The molecule has 0 saturated heterocycles. The van der Waals surface area contributed by atoms with Gasteiger partial charge in [0.2, 0.25) is 0 Å². The smallest absolute Gasteiger partial charge is 0.376 e. The van der Waals surface area contributed by atoms with Crippen LogP contribution in [0.1, 0.15) is 6.92 Å². The third-order valence-electron chi connectivity index (χ3n) is 1.14. The van der Waals surface area contributed by atoms with E-state index in [-0.39, 0.29) is 0 Å². The third-order valence-corrected chi connectivity index (χ3v) is 1.14. The summed E-state index contributed by atoms with van der Waals surface area (Å²) >= 11 is 0. The Labute approximate surface area is 68.3 Å². The van der Waals surface area contributed by atoms with Gasteiger partial charge in [-0.05, 0) is 13.0 Å². The summed E-state index contributed by atoms with van der Waals surface area (Å²) < 4.78 is 0. The molecule has 0 rings (SSSR count). The molecule has 0 aromatic carbocycles. The lowest BCUT2D eigenvalue weighted by Crippen LogP contribution is -2.11. The Balaban J connectivity index is 4.16. The van der Waals surface area contributed by atoms with Gasteiger partial charge in [-0.2, -0.15) is 0 Å². The maximum Gasteiger partial charge on any atom is 0.376 e. The molecule has 0 aliphatic rings. The average Bonchev–Trinajstić information content (AvgIpc) is 1.98. The highest BCUT2D eigenvalue weighted by atomic mass is 16.4. The second-order valence-corrected chi connectivity index (χ2v) is 2.16. The number of ketones is 1. The molecule has 5 nitrogen and oxygen atoms in total. The monoisotopic (exact) mass is 172 g/mol. The van der Waals surface area contributed by atoms with Crippen LogP contribution < -0.4 is 0 Å². The number of hydrogen-bond acceptors (Lipinski definition) is 3. The number of carboxylic acid groups (broad SMARTS) is 2. The van der Waals surface area contributed by atoms with E-state index in [0.717, 1.165) is 12.2 Å². The van der Waals surface area contributed by atoms with E-state index in [4.69, 9.17) is 10.2 Å². The summed E-state index contributed by atoms with van der Waals surface area (Å²) in [5, 5.41) is 16.4. The Morgan fingerprint density at radius 2 is 1.75 bits per heavy atom. The molecule has 0 heterocycles. The Bertz CT molecular complexity index is 240. The summed E-state index contributed by atoms with van der Waals surface area (Å²) in [6.07, 6.45) is 1.76. The van der Waals surface area contributed by atoms with Gasteiger partial charge in [0.05, 0.1) is 5.92 Å². The second kappa shape index (κ2) is 4.27. The van der Waals surface area contributed by atoms with Crippen LogP contribution in [0.2, 0.25) is 0 Å². The minimum Gasteiger partial charge on any atom is -0.481 e. The zero-order valence-electron chi connectivity index (χ0n) is 6.35. The molecule has 0 radical (unpaired) electrons. The van der Waals surface area contributed by atoms with Crippen molar-refractivity contribution in [3.63, 3.8) is 0 Å². The zero-order chi connectivity index (χ0) is 9.72. The molecule has 0 aliphatic heterocycles. The molecule has 0 aliphatic carbocycles. The standard InChI is InChI=1S/C7H8O5/c1-4(6(9)10)2-3-5(8)7(11)12/h2-4H,1H3,(H,9,10)(H,11,12)/b3-2+. The summed E-state index contributed by atoms with van der Waals surface area (Å²) in [5.41, 5.74) is 0. The molecule has 0 fully saturated rings. The van der Waals surface area contributed by atoms with Crippen LogP contribution in [0.5, 0.6) is 0 Å². The summed E-state index contributed by atoms with van der Waals surface area (Å²) in [6.45, 7) is 1.34. The average molecular weight is 172 g/mol. The van der Waals surface area contributed by atoms with E-state index < -0.39 is 23.6 Å². The minimum atomic E-state index is -1.59. The van der Waals surface area contributed by atoms with E-state index in [1.807, 2.05) is 0 Å². The molecular formula is C7H8O5. The lowest BCUT2D eigenvalue weighted by Gasteiger charge is -1.94. The predicted octanol–water partition coefficient (Wildman–Crippen LogP) is -0.0830. The Morgan fingerprint density at radius 1 is 1.25 bits per heavy atom. The number of carbonyl (C=O) groups excluding carboxylic acids is 1. The molecule has 12 heavy (non-hydrogen) atoms. The van der Waals surface area contributed by atoms with Crippen molar-refractivity contribution in [3.8, 4) is 0 Å². The topological polar surface area (TPSA) is 91.7 Å². The van der Waals surface area contributed by atoms with Gasteiger partial charge < -0.3 is 10.2 Å². The third kappa shape index (κ3) is 3.50. The van der Waals surface area contributed by atoms with Crippen molar-refractivity contribution in [1.29, 1.82) is 0 Å². The summed E-state index contributed by atoms with van der Waals surface area (Å²) in [5.74, 6) is -4.68. The Hall–Kier alpha value is -1.65. The molecule has 1 atom stereocenters. The van der Waals surface area contributed by atoms with Crippen molar-refractivity contribution >= 4 is 17.7 Å². The second-order valence-electron chi connectivity index (χ2n) is 2.16. The SMILES string of the molecule is CC(/C=C/C(=O)C(=O)O)C(=O)O. The maximum atomic E-state index is 10.4. The van der Waals surface area contributed by atoms with Crippen molar-refractivity contribution in [1.82, 2.24) is 0 Å². The van der Waals surface area contributed by atoms with E-state index >= 15 is 0 Å². The van der Waals surface area contributed by atoms with Crippen LogP contribution in [0, 0.1) is 5.92 Å². The van der Waals surface area contributed by atoms with Gasteiger partial charge in [0.15, 0.2) is 0 Å². The van der Waals surface area contributed by atoms with Gasteiger partial charge in [0, 0.05) is 0 Å². The lowest BCUT2D eigenvalue weighted by molar-refractivity contribution is -0.146.